The minimum Gasteiger partial charge on any atom is -0.294 e. The molecule has 0 unspecified atom stereocenters. The predicted octanol–water partition coefficient (Wildman–Crippen LogP) is 4.50. The van der Waals surface area contributed by atoms with Crippen LogP contribution in [0.25, 0.3) is 11.1 Å². The van der Waals surface area contributed by atoms with Crippen LogP contribution in [0, 0.1) is 0 Å². The standard InChI is InChI=1S/C16H11F3O/c17-16(18,19)11-6-4-10(5-7-11)12-2-1-3-14-13(12)8-9-15(14)20/h1-7H,8-9H2. The van der Waals surface area contributed by atoms with Crippen molar-refractivity contribution in [3.05, 3.63) is 59.2 Å². The quantitative estimate of drug-likeness (QED) is 0.749. The van der Waals surface area contributed by atoms with Crippen LogP contribution in [0.3, 0.4) is 0 Å². The molecule has 0 aliphatic heterocycles. The van der Waals surface area contributed by atoms with E-state index in [1.54, 1.807) is 12.1 Å². The molecule has 0 saturated carbocycles. The summed E-state index contributed by atoms with van der Waals surface area (Å²) in [5.41, 5.74) is 2.54. The van der Waals surface area contributed by atoms with Gasteiger partial charge in [-0.05, 0) is 35.2 Å². The van der Waals surface area contributed by atoms with E-state index in [2.05, 4.69) is 0 Å². The fourth-order valence-electron chi connectivity index (χ4n) is 2.60. The molecule has 2 aromatic rings. The van der Waals surface area contributed by atoms with E-state index in [4.69, 9.17) is 0 Å². The molecule has 20 heavy (non-hydrogen) atoms. The van der Waals surface area contributed by atoms with Gasteiger partial charge in [-0.2, -0.15) is 13.2 Å². The van der Waals surface area contributed by atoms with Crippen molar-refractivity contribution in [2.45, 2.75) is 19.0 Å². The minimum absolute atomic E-state index is 0.105. The van der Waals surface area contributed by atoms with Gasteiger partial charge in [-0.1, -0.05) is 30.3 Å². The highest BCUT2D eigenvalue weighted by molar-refractivity contribution is 6.02. The molecule has 102 valence electrons. The van der Waals surface area contributed by atoms with Crippen LogP contribution in [-0.4, -0.2) is 5.78 Å². The monoisotopic (exact) mass is 276 g/mol. The molecule has 1 aliphatic carbocycles. The lowest BCUT2D eigenvalue weighted by molar-refractivity contribution is -0.137. The lowest BCUT2D eigenvalue weighted by atomic mass is 9.96. The molecule has 3 rings (SSSR count). The number of benzene rings is 2. The third-order valence-corrected chi connectivity index (χ3v) is 3.60. The predicted molar refractivity (Wildman–Crippen MR) is 69.5 cm³/mol. The molecule has 0 spiro atoms. The number of alkyl halides is 3. The van der Waals surface area contributed by atoms with Crippen LogP contribution in [0.15, 0.2) is 42.5 Å². The largest absolute Gasteiger partial charge is 0.416 e. The molecule has 0 radical (unpaired) electrons. The zero-order chi connectivity index (χ0) is 14.3. The molecular formula is C16H11F3O. The first-order chi connectivity index (χ1) is 9.47. The Hall–Kier alpha value is -2.10. The fraction of sp³-hybridized carbons (Fsp3) is 0.188. The van der Waals surface area contributed by atoms with Crippen molar-refractivity contribution in [2.75, 3.05) is 0 Å². The van der Waals surface area contributed by atoms with Gasteiger partial charge in [0.15, 0.2) is 5.78 Å². The number of rotatable bonds is 1. The smallest absolute Gasteiger partial charge is 0.294 e. The lowest BCUT2D eigenvalue weighted by Gasteiger charge is -2.10. The van der Waals surface area contributed by atoms with Gasteiger partial charge in [-0.25, -0.2) is 0 Å². The first-order valence-electron chi connectivity index (χ1n) is 6.29. The van der Waals surface area contributed by atoms with Crippen molar-refractivity contribution in [3.8, 4) is 11.1 Å². The molecule has 0 atom stereocenters. The summed E-state index contributed by atoms with van der Waals surface area (Å²) in [6.45, 7) is 0. The molecular weight excluding hydrogens is 265 g/mol. The Morgan fingerprint density at radius 3 is 2.15 bits per heavy atom. The number of ketones is 1. The van der Waals surface area contributed by atoms with Crippen molar-refractivity contribution in [1.82, 2.24) is 0 Å². The first kappa shape index (κ1) is 12.9. The van der Waals surface area contributed by atoms with Gasteiger partial charge in [-0.3, -0.25) is 4.79 Å². The topological polar surface area (TPSA) is 17.1 Å². The normalized spacial score (nSPS) is 14.4. The summed E-state index contributed by atoms with van der Waals surface area (Å²) >= 11 is 0. The van der Waals surface area contributed by atoms with Crippen LogP contribution in [0.2, 0.25) is 0 Å². The average molecular weight is 276 g/mol. The van der Waals surface area contributed by atoms with Gasteiger partial charge in [0, 0.05) is 12.0 Å². The molecule has 1 nitrogen and oxygen atoms in total. The van der Waals surface area contributed by atoms with E-state index < -0.39 is 11.7 Å². The Balaban J connectivity index is 2.05. The van der Waals surface area contributed by atoms with E-state index in [0.717, 1.165) is 23.3 Å². The van der Waals surface area contributed by atoms with Crippen LogP contribution >= 0.6 is 0 Å². The number of Topliss-reactive ketones (excluding diaryl/α,β-unsaturated/α-hetero) is 1. The van der Waals surface area contributed by atoms with E-state index in [0.29, 0.717) is 24.0 Å². The van der Waals surface area contributed by atoms with Gasteiger partial charge in [0.05, 0.1) is 5.56 Å². The highest BCUT2D eigenvalue weighted by Gasteiger charge is 2.30. The van der Waals surface area contributed by atoms with Crippen LogP contribution in [0.5, 0.6) is 0 Å². The molecule has 0 aromatic heterocycles. The molecule has 1 aliphatic rings. The number of carbonyl (C=O) groups is 1. The van der Waals surface area contributed by atoms with Gasteiger partial charge in [0.25, 0.3) is 0 Å². The third kappa shape index (κ3) is 2.11. The Bertz CT molecular complexity index is 669. The molecule has 0 heterocycles. The van der Waals surface area contributed by atoms with Crippen molar-refractivity contribution in [3.63, 3.8) is 0 Å². The number of carbonyl (C=O) groups excluding carboxylic acids is 1. The molecule has 0 saturated heterocycles. The van der Waals surface area contributed by atoms with E-state index >= 15 is 0 Å². The minimum atomic E-state index is -4.33. The maximum atomic E-state index is 12.5. The second-order valence-electron chi connectivity index (χ2n) is 4.83. The summed E-state index contributed by atoms with van der Waals surface area (Å²) < 4.78 is 37.6. The zero-order valence-corrected chi connectivity index (χ0v) is 10.5. The van der Waals surface area contributed by atoms with Gasteiger partial charge in [0.2, 0.25) is 0 Å². The third-order valence-electron chi connectivity index (χ3n) is 3.60. The summed E-state index contributed by atoms with van der Waals surface area (Å²) in [4.78, 5) is 11.7. The maximum absolute atomic E-state index is 12.5. The van der Waals surface area contributed by atoms with Crippen LogP contribution in [0.1, 0.15) is 27.9 Å². The number of halogens is 3. The first-order valence-corrected chi connectivity index (χ1v) is 6.29. The molecule has 4 heteroatoms. The van der Waals surface area contributed by atoms with Gasteiger partial charge >= 0.3 is 6.18 Å². The average Bonchev–Trinajstić information content (AvgIpc) is 2.80. The Morgan fingerprint density at radius 2 is 1.50 bits per heavy atom. The van der Waals surface area contributed by atoms with E-state index in [9.17, 15) is 18.0 Å². The highest BCUT2D eigenvalue weighted by Crippen LogP contribution is 2.34. The second-order valence-corrected chi connectivity index (χ2v) is 4.83. The van der Waals surface area contributed by atoms with Gasteiger partial charge in [-0.15, -0.1) is 0 Å². The van der Waals surface area contributed by atoms with Crippen molar-refractivity contribution in [1.29, 1.82) is 0 Å². The Kier molecular flexibility index (Phi) is 2.89. The van der Waals surface area contributed by atoms with E-state index in [1.165, 1.54) is 12.1 Å². The molecule has 0 fully saturated rings. The number of hydrogen-bond donors (Lipinski definition) is 0. The summed E-state index contributed by atoms with van der Waals surface area (Å²) in [5.74, 6) is 0.105. The lowest BCUT2D eigenvalue weighted by Crippen LogP contribution is -2.04. The SMILES string of the molecule is O=C1CCc2c1cccc2-c1ccc(C(F)(F)F)cc1. The maximum Gasteiger partial charge on any atom is 0.416 e. The summed E-state index contributed by atoms with van der Waals surface area (Å²) in [6.07, 6.45) is -3.19. The van der Waals surface area contributed by atoms with Crippen molar-refractivity contribution >= 4 is 5.78 Å². The molecule has 2 aromatic carbocycles. The Morgan fingerprint density at radius 1 is 0.850 bits per heavy atom. The summed E-state index contributed by atoms with van der Waals surface area (Å²) in [7, 11) is 0. The van der Waals surface area contributed by atoms with Gasteiger partial charge in [0.1, 0.15) is 0 Å². The highest BCUT2D eigenvalue weighted by atomic mass is 19.4. The number of fused-ring (bicyclic) bond motifs is 1. The number of hydrogen-bond acceptors (Lipinski definition) is 1. The fourth-order valence-corrected chi connectivity index (χ4v) is 2.60. The van der Waals surface area contributed by atoms with Crippen molar-refractivity contribution in [2.24, 2.45) is 0 Å². The molecule has 0 bridgehead atoms. The van der Waals surface area contributed by atoms with E-state index in [-0.39, 0.29) is 5.78 Å². The molecule has 0 N–H and O–H groups in total. The summed E-state index contributed by atoms with van der Waals surface area (Å²) in [5, 5.41) is 0. The second kappa shape index (κ2) is 4.47. The van der Waals surface area contributed by atoms with Crippen LogP contribution in [-0.2, 0) is 12.6 Å². The van der Waals surface area contributed by atoms with Crippen molar-refractivity contribution < 1.29 is 18.0 Å². The van der Waals surface area contributed by atoms with Crippen LogP contribution < -0.4 is 0 Å². The van der Waals surface area contributed by atoms with Gasteiger partial charge < -0.3 is 0 Å². The summed E-state index contributed by atoms with van der Waals surface area (Å²) in [6, 6.07) is 10.5. The molecule has 0 amide bonds. The van der Waals surface area contributed by atoms with E-state index in [1.807, 2.05) is 6.07 Å². The van der Waals surface area contributed by atoms with Crippen LogP contribution in [0.4, 0.5) is 13.2 Å². The Labute approximate surface area is 114 Å². The zero-order valence-electron chi connectivity index (χ0n) is 10.5.